The average Bonchev–Trinajstić information content (AvgIpc) is 2.03. The Morgan fingerprint density at radius 2 is 2.45 bits per heavy atom. The predicted molar refractivity (Wildman–Crippen MR) is 43.4 cm³/mol. The van der Waals surface area contributed by atoms with Crippen molar-refractivity contribution >= 4 is 0 Å². The molecule has 1 rings (SSSR count). The van der Waals surface area contributed by atoms with E-state index in [1.165, 1.54) is 5.56 Å². The Kier molecular flexibility index (Phi) is 7.03. The number of nitrogens with one attached hydrogen (secondary N) is 1. The zero-order chi connectivity index (χ0) is 7.23. The molecule has 59 valence electrons. The molecular weight excluding hydrogens is 213 g/mol. The van der Waals surface area contributed by atoms with Gasteiger partial charge in [0.05, 0.1) is 0 Å². The van der Waals surface area contributed by atoms with E-state index in [0.717, 1.165) is 13.1 Å². The van der Waals surface area contributed by atoms with Gasteiger partial charge in [-0.25, -0.2) is 0 Å². The summed E-state index contributed by atoms with van der Waals surface area (Å²) in [6.07, 6.45) is 3.62. The first-order valence-corrected chi connectivity index (χ1v) is 3.32. The molecule has 0 bridgehead atoms. The fourth-order valence-electron chi connectivity index (χ4n) is 0.735. The molecule has 0 aliphatic carbocycles. The third-order valence-electron chi connectivity index (χ3n) is 1.23. The standard InChI is InChI=1S/C8H11N2.Y.H2/c1-2-9-6-8-4-3-5-10-7-8;;/h3-5,7,9H,1-2,6H2;;1H/q-1;;. The van der Waals surface area contributed by atoms with Crippen LogP contribution >= 0.6 is 0 Å². The van der Waals surface area contributed by atoms with Crippen molar-refractivity contribution in [3.63, 3.8) is 0 Å². The van der Waals surface area contributed by atoms with E-state index in [2.05, 4.69) is 17.2 Å². The minimum atomic E-state index is 0. The molecule has 0 saturated carbocycles. The number of nitrogens with zero attached hydrogens (tertiary/aromatic N) is 1. The molecule has 11 heavy (non-hydrogen) atoms. The van der Waals surface area contributed by atoms with Gasteiger partial charge in [0.1, 0.15) is 0 Å². The molecule has 1 radical (unpaired) electrons. The summed E-state index contributed by atoms with van der Waals surface area (Å²) >= 11 is 0. The van der Waals surface area contributed by atoms with Crippen molar-refractivity contribution in [1.29, 1.82) is 0 Å². The average molecular weight is 226 g/mol. The number of pyridine rings is 1. The number of hydrogen-bond acceptors (Lipinski definition) is 2. The molecule has 0 atom stereocenters. The molecule has 0 amide bonds. The van der Waals surface area contributed by atoms with Gasteiger partial charge in [-0.1, -0.05) is 6.07 Å². The Balaban J connectivity index is 0. The van der Waals surface area contributed by atoms with Crippen molar-refractivity contribution < 1.29 is 34.1 Å². The van der Waals surface area contributed by atoms with Crippen LogP contribution in [0.3, 0.4) is 0 Å². The quantitative estimate of drug-likeness (QED) is 0.784. The van der Waals surface area contributed by atoms with E-state index in [1.54, 1.807) is 6.20 Å². The second kappa shape index (κ2) is 6.90. The minimum absolute atomic E-state index is 0. The van der Waals surface area contributed by atoms with Crippen molar-refractivity contribution in [2.45, 2.75) is 6.54 Å². The number of hydrogen-bond donors (Lipinski definition) is 1. The van der Waals surface area contributed by atoms with Crippen LogP contribution in [0.2, 0.25) is 0 Å². The monoisotopic (exact) mass is 226 g/mol. The smallest absolute Gasteiger partial charge is 0.0312 e. The first kappa shape index (κ1) is 11.2. The van der Waals surface area contributed by atoms with Crippen LogP contribution in [0.15, 0.2) is 24.5 Å². The summed E-state index contributed by atoms with van der Waals surface area (Å²) in [6.45, 7) is 5.29. The summed E-state index contributed by atoms with van der Waals surface area (Å²) in [5, 5.41) is 3.11. The summed E-state index contributed by atoms with van der Waals surface area (Å²) in [7, 11) is 0. The molecule has 0 fully saturated rings. The largest absolute Gasteiger partial charge is 0.343 e. The molecule has 0 saturated heterocycles. The van der Waals surface area contributed by atoms with Crippen LogP contribution < -0.4 is 5.32 Å². The molecule has 0 aliphatic heterocycles. The van der Waals surface area contributed by atoms with Gasteiger partial charge < -0.3 is 12.2 Å². The van der Waals surface area contributed by atoms with Crippen molar-refractivity contribution in [1.82, 2.24) is 10.3 Å². The molecule has 2 nitrogen and oxygen atoms in total. The minimum Gasteiger partial charge on any atom is -0.343 e. The third kappa shape index (κ3) is 4.62. The fraction of sp³-hybridized carbons (Fsp3) is 0.250. The number of aromatic nitrogens is 1. The molecule has 3 heteroatoms. The Hall–Kier alpha value is 0.214. The Morgan fingerprint density at radius 3 is 3.00 bits per heavy atom. The third-order valence-corrected chi connectivity index (χ3v) is 1.23. The molecular formula is C8H13N2Y-. The molecule has 1 aromatic rings. The van der Waals surface area contributed by atoms with Crippen LogP contribution in [-0.2, 0) is 39.3 Å². The van der Waals surface area contributed by atoms with Gasteiger partial charge in [0.2, 0.25) is 0 Å². The SMILES string of the molecule is [CH2-]CNCc1cccnc1.[HH].[Y]. The van der Waals surface area contributed by atoms with Crippen LogP contribution in [0, 0.1) is 6.92 Å². The molecule has 0 aromatic carbocycles. The maximum atomic E-state index is 3.98. The summed E-state index contributed by atoms with van der Waals surface area (Å²) in [6, 6.07) is 3.97. The zero-order valence-corrected chi connectivity index (χ0v) is 9.29. The molecule has 1 aromatic heterocycles. The molecule has 0 spiro atoms. The topological polar surface area (TPSA) is 24.9 Å². The Labute approximate surface area is 94.2 Å². The molecule has 0 aliphatic rings. The van der Waals surface area contributed by atoms with Crippen molar-refractivity contribution in [3.8, 4) is 0 Å². The Morgan fingerprint density at radius 1 is 1.64 bits per heavy atom. The summed E-state index contributed by atoms with van der Waals surface area (Å²) in [4.78, 5) is 3.98. The summed E-state index contributed by atoms with van der Waals surface area (Å²) in [5.41, 5.74) is 1.20. The summed E-state index contributed by atoms with van der Waals surface area (Å²) < 4.78 is 0. The maximum Gasteiger partial charge on any atom is 0.0312 e. The van der Waals surface area contributed by atoms with Crippen LogP contribution in [-0.4, -0.2) is 11.5 Å². The summed E-state index contributed by atoms with van der Waals surface area (Å²) in [5.74, 6) is 0. The second-order valence-electron chi connectivity index (χ2n) is 2.04. The van der Waals surface area contributed by atoms with Crippen LogP contribution in [0.5, 0.6) is 0 Å². The van der Waals surface area contributed by atoms with Gasteiger partial charge in [-0.2, -0.15) is 0 Å². The van der Waals surface area contributed by atoms with Crippen molar-refractivity contribution in [2.75, 3.05) is 6.54 Å². The molecule has 1 heterocycles. The van der Waals surface area contributed by atoms with Gasteiger partial charge in [-0.05, 0) is 11.6 Å². The van der Waals surface area contributed by atoms with Gasteiger partial charge in [0, 0.05) is 53.1 Å². The van der Waals surface area contributed by atoms with Crippen LogP contribution in [0.4, 0.5) is 0 Å². The van der Waals surface area contributed by atoms with E-state index in [0.29, 0.717) is 0 Å². The first-order valence-electron chi connectivity index (χ1n) is 3.32. The van der Waals surface area contributed by atoms with E-state index >= 15 is 0 Å². The van der Waals surface area contributed by atoms with Crippen LogP contribution in [0.1, 0.15) is 6.99 Å². The second-order valence-corrected chi connectivity index (χ2v) is 2.04. The van der Waals surface area contributed by atoms with Gasteiger partial charge in [-0.3, -0.25) is 4.98 Å². The number of rotatable bonds is 3. The molecule has 1 N–H and O–H groups in total. The van der Waals surface area contributed by atoms with Gasteiger partial charge in [-0.15, -0.1) is 6.54 Å². The van der Waals surface area contributed by atoms with Gasteiger partial charge in [0.25, 0.3) is 0 Å². The van der Waals surface area contributed by atoms with Gasteiger partial charge >= 0.3 is 0 Å². The van der Waals surface area contributed by atoms with E-state index in [9.17, 15) is 0 Å². The Bertz CT molecular complexity index is 182. The first-order chi connectivity index (χ1) is 4.93. The zero-order valence-electron chi connectivity index (χ0n) is 6.46. The van der Waals surface area contributed by atoms with Gasteiger partial charge in [0.15, 0.2) is 0 Å². The van der Waals surface area contributed by atoms with Crippen molar-refractivity contribution in [3.05, 3.63) is 37.0 Å². The van der Waals surface area contributed by atoms with E-state index in [4.69, 9.17) is 0 Å². The van der Waals surface area contributed by atoms with E-state index in [1.807, 2.05) is 18.3 Å². The molecule has 0 unspecified atom stereocenters. The predicted octanol–water partition coefficient (Wildman–Crippen LogP) is 1.25. The van der Waals surface area contributed by atoms with E-state index in [-0.39, 0.29) is 34.1 Å². The van der Waals surface area contributed by atoms with E-state index < -0.39 is 0 Å². The normalized spacial score (nSPS) is 8.82. The fourth-order valence-corrected chi connectivity index (χ4v) is 0.735. The van der Waals surface area contributed by atoms with Crippen LogP contribution in [0.25, 0.3) is 0 Å². The van der Waals surface area contributed by atoms with Crippen molar-refractivity contribution in [2.24, 2.45) is 0 Å². The maximum absolute atomic E-state index is 3.98.